The second-order valence-electron chi connectivity index (χ2n) is 7.01. The average Bonchev–Trinajstić information content (AvgIpc) is 2.93. The van der Waals surface area contributed by atoms with Gasteiger partial charge in [-0.1, -0.05) is 32.1 Å². The van der Waals surface area contributed by atoms with Crippen LogP contribution in [0.15, 0.2) is 0 Å². The Balaban J connectivity index is 1.31. The summed E-state index contributed by atoms with van der Waals surface area (Å²) >= 11 is 0. The zero-order chi connectivity index (χ0) is 13.7. The maximum atomic E-state index is 6.09. The zero-order valence-electron chi connectivity index (χ0n) is 12.9. The summed E-state index contributed by atoms with van der Waals surface area (Å²) in [5.74, 6) is 0. The van der Waals surface area contributed by atoms with E-state index >= 15 is 0 Å². The molecule has 3 fully saturated rings. The minimum Gasteiger partial charge on any atom is -0.377 e. The molecule has 3 aliphatic rings. The number of hydrogen-bond acceptors (Lipinski definition) is 3. The van der Waals surface area contributed by atoms with Crippen molar-refractivity contribution in [3.8, 4) is 0 Å². The molecule has 1 aliphatic heterocycles. The molecule has 0 aromatic carbocycles. The monoisotopic (exact) mass is 281 g/mol. The lowest BCUT2D eigenvalue weighted by Gasteiger charge is -2.38. The van der Waals surface area contributed by atoms with Crippen LogP contribution in [0, 0.1) is 0 Å². The van der Waals surface area contributed by atoms with Gasteiger partial charge in [0.1, 0.15) is 0 Å². The highest BCUT2D eigenvalue weighted by Gasteiger charge is 2.39. The van der Waals surface area contributed by atoms with E-state index in [1.165, 1.54) is 70.6 Å². The van der Waals surface area contributed by atoms with E-state index in [1.807, 2.05) is 0 Å². The summed E-state index contributed by atoms with van der Waals surface area (Å²) in [4.78, 5) is 0. The van der Waals surface area contributed by atoms with Gasteiger partial charge in [0.05, 0.1) is 18.3 Å². The van der Waals surface area contributed by atoms with Gasteiger partial charge in [-0.15, -0.1) is 0 Å². The molecule has 0 radical (unpaired) electrons. The second kappa shape index (κ2) is 7.24. The molecule has 3 heteroatoms. The molecule has 3 nitrogen and oxygen atoms in total. The van der Waals surface area contributed by atoms with E-state index in [0.29, 0.717) is 12.1 Å². The van der Waals surface area contributed by atoms with Gasteiger partial charge in [-0.05, 0) is 38.5 Å². The first kappa shape index (κ1) is 14.8. The molecule has 1 unspecified atom stereocenters. The Morgan fingerprint density at radius 1 is 1.00 bits per heavy atom. The predicted molar refractivity (Wildman–Crippen MR) is 81.0 cm³/mol. The van der Waals surface area contributed by atoms with Gasteiger partial charge < -0.3 is 14.8 Å². The van der Waals surface area contributed by atoms with Crippen molar-refractivity contribution in [2.75, 3.05) is 19.8 Å². The van der Waals surface area contributed by atoms with Gasteiger partial charge in [-0.25, -0.2) is 0 Å². The predicted octanol–water partition coefficient (Wildman–Crippen LogP) is 3.42. The largest absolute Gasteiger partial charge is 0.377 e. The van der Waals surface area contributed by atoms with Gasteiger partial charge in [0, 0.05) is 19.2 Å². The quantitative estimate of drug-likeness (QED) is 0.783. The van der Waals surface area contributed by atoms with Crippen molar-refractivity contribution >= 4 is 0 Å². The summed E-state index contributed by atoms with van der Waals surface area (Å²) in [5, 5.41) is 3.71. The van der Waals surface area contributed by atoms with E-state index in [9.17, 15) is 0 Å². The Morgan fingerprint density at radius 2 is 1.80 bits per heavy atom. The second-order valence-corrected chi connectivity index (χ2v) is 7.01. The first-order valence-corrected chi connectivity index (χ1v) is 8.85. The third-order valence-corrected chi connectivity index (χ3v) is 5.45. The van der Waals surface area contributed by atoms with E-state index in [4.69, 9.17) is 9.47 Å². The molecule has 1 heterocycles. The Kier molecular flexibility index (Phi) is 5.36. The highest BCUT2D eigenvalue weighted by Crippen LogP contribution is 2.39. The van der Waals surface area contributed by atoms with Gasteiger partial charge in [0.25, 0.3) is 0 Å². The molecule has 0 aromatic rings. The summed E-state index contributed by atoms with van der Waals surface area (Å²) in [6.45, 7) is 2.84. The maximum absolute atomic E-state index is 6.09. The first-order chi connectivity index (χ1) is 9.86. The minimum atomic E-state index is 0.236. The summed E-state index contributed by atoms with van der Waals surface area (Å²) < 4.78 is 12.1. The number of hydrogen-bond donors (Lipinski definition) is 1. The smallest absolute Gasteiger partial charge is 0.0697 e. The molecular weight excluding hydrogens is 250 g/mol. The Morgan fingerprint density at radius 3 is 2.60 bits per heavy atom. The Hall–Kier alpha value is -0.120. The van der Waals surface area contributed by atoms with Crippen LogP contribution in [0.3, 0.4) is 0 Å². The first-order valence-electron chi connectivity index (χ1n) is 8.85. The molecule has 3 rings (SSSR count). The van der Waals surface area contributed by atoms with Crippen molar-refractivity contribution in [1.29, 1.82) is 0 Å². The van der Waals surface area contributed by atoms with E-state index < -0.39 is 0 Å². The van der Waals surface area contributed by atoms with E-state index in [2.05, 4.69) is 5.32 Å². The summed E-state index contributed by atoms with van der Waals surface area (Å²) in [5.41, 5.74) is 0.236. The van der Waals surface area contributed by atoms with Crippen LogP contribution in [-0.4, -0.2) is 37.5 Å². The van der Waals surface area contributed by atoms with Crippen LogP contribution in [0.25, 0.3) is 0 Å². The lowest BCUT2D eigenvalue weighted by molar-refractivity contribution is -0.0844. The molecule has 0 aromatic heterocycles. The molecule has 0 bridgehead atoms. The van der Waals surface area contributed by atoms with Crippen molar-refractivity contribution in [1.82, 2.24) is 5.32 Å². The third-order valence-electron chi connectivity index (χ3n) is 5.45. The lowest BCUT2D eigenvalue weighted by Crippen LogP contribution is -2.46. The third kappa shape index (κ3) is 3.96. The summed E-state index contributed by atoms with van der Waals surface area (Å²) in [6.07, 6.45) is 14.9. The van der Waals surface area contributed by atoms with Crippen LogP contribution in [0.4, 0.5) is 0 Å². The number of nitrogens with one attached hydrogen (secondary N) is 1. The van der Waals surface area contributed by atoms with Gasteiger partial charge >= 0.3 is 0 Å². The van der Waals surface area contributed by atoms with Crippen molar-refractivity contribution in [2.45, 2.75) is 88.4 Å². The summed E-state index contributed by atoms with van der Waals surface area (Å²) in [6, 6.07) is 0.650. The molecule has 1 saturated heterocycles. The topological polar surface area (TPSA) is 30.5 Å². The van der Waals surface area contributed by atoms with Crippen LogP contribution in [0.5, 0.6) is 0 Å². The van der Waals surface area contributed by atoms with E-state index in [0.717, 1.165) is 19.8 Å². The van der Waals surface area contributed by atoms with Gasteiger partial charge in [-0.2, -0.15) is 0 Å². The van der Waals surface area contributed by atoms with Crippen LogP contribution in [-0.2, 0) is 9.47 Å². The van der Waals surface area contributed by atoms with Gasteiger partial charge in [-0.3, -0.25) is 0 Å². The molecule has 2 saturated carbocycles. The van der Waals surface area contributed by atoms with Crippen molar-refractivity contribution in [2.24, 2.45) is 0 Å². The molecule has 20 heavy (non-hydrogen) atoms. The number of rotatable bonds is 5. The SMILES string of the molecule is C1CCC(OCCNC2CCOC3(CCCC3)C2)CC1. The van der Waals surface area contributed by atoms with Crippen LogP contribution in [0.2, 0.25) is 0 Å². The van der Waals surface area contributed by atoms with Crippen LogP contribution in [0.1, 0.15) is 70.6 Å². The standard InChI is InChI=1S/C17H31NO2/c1-2-6-16(7-3-1)19-13-11-18-15-8-12-20-17(14-15)9-4-5-10-17/h15-16,18H,1-14H2. The van der Waals surface area contributed by atoms with E-state index in [1.54, 1.807) is 0 Å². The fourth-order valence-corrected chi connectivity index (χ4v) is 4.29. The van der Waals surface area contributed by atoms with Crippen LogP contribution < -0.4 is 5.32 Å². The highest BCUT2D eigenvalue weighted by molar-refractivity contribution is 4.93. The van der Waals surface area contributed by atoms with Crippen molar-refractivity contribution in [3.05, 3.63) is 0 Å². The minimum absolute atomic E-state index is 0.236. The summed E-state index contributed by atoms with van der Waals surface area (Å²) in [7, 11) is 0. The van der Waals surface area contributed by atoms with Crippen molar-refractivity contribution < 1.29 is 9.47 Å². The van der Waals surface area contributed by atoms with Gasteiger partial charge in [0.15, 0.2) is 0 Å². The van der Waals surface area contributed by atoms with E-state index in [-0.39, 0.29) is 5.60 Å². The normalized spacial score (nSPS) is 30.9. The van der Waals surface area contributed by atoms with Crippen molar-refractivity contribution in [3.63, 3.8) is 0 Å². The Bertz CT molecular complexity index is 283. The fraction of sp³-hybridized carbons (Fsp3) is 1.00. The fourth-order valence-electron chi connectivity index (χ4n) is 4.29. The molecule has 1 N–H and O–H groups in total. The molecular formula is C17H31NO2. The molecule has 1 atom stereocenters. The van der Waals surface area contributed by atoms with Gasteiger partial charge in [0.2, 0.25) is 0 Å². The highest BCUT2D eigenvalue weighted by atomic mass is 16.5. The molecule has 1 spiro atoms. The Labute approximate surface area is 123 Å². The maximum Gasteiger partial charge on any atom is 0.0697 e. The molecule has 116 valence electrons. The molecule has 2 aliphatic carbocycles. The lowest BCUT2D eigenvalue weighted by atomic mass is 9.89. The molecule has 0 amide bonds. The average molecular weight is 281 g/mol. The zero-order valence-corrected chi connectivity index (χ0v) is 12.9. The van der Waals surface area contributed by atoms with Crippen LogP contribution >= 0.6 is 0 Å². The number of ether oxygens (including phenoxy) is 2.